The minimum Gasteiger partial charge on any atom is -0.353 e. The third kappa shape index (κ3) is 1.58. The van der Waals surface area contributed by atoms with Crippen LogP contribution in [0.2, 0.25) is 0 Å². The lowest BCUT2D eigenvalue weighted by molar-refractivity contribution is -0.119. The second kappa shape index (κ2) is 3.19. The molecule has 3 unspecified atom stereocenters. The average molecular weight is 199 g/mol. The summed E-state index contributed by atoms with van der Waals surface area (Å²) in [5.41, 5.74) is 0. The third-order valence-electron chi connectivity index (χ3n) is 3.43. The van der Waals surface area contributed by atoms with E-state index in [0.29, 0.717) is 16.7 Å². The fourth-order valence-electron chi connectivity index (χ4n) is 2.63. The summed E-state index contributed by atoms with van der Waals surface area (Å²) in [6.07, 6.45) is 3.34. The van der Waals surface area contributed by atoms with E-state index < -0.39 is 0 Å². The molecule has 2 aliphatic heterocycles. The molecular weight excluding hydrogens is 182 g/mol. The first-order valence-corrected chi connectivity index (χ1v) is 6.04. The Morgan fingerprint density at radius 3 is 2.85 bits per heavy atom. The SMILES string of the molecule is CC1NC(=O)CC1C1(C)CCCS1. The zero-order valence-electron chi connectivity index (χ0n) is 8.30. The van der Waals surface area contributed by atoms with Crippen LogP contribution in [-0.4, -0.2) is 22.4 Å². The molecule has 1 amide bonds. The Morgan fingerprint density at radius 2 is 2.38 bits per heavy atom. The van der Waals surface area contributed by atoms with E-state index in [1.165, 1.54) is 18.6 Å². The molecule has 1 N–H and O–H groups in total. The van der Waals surface area contributed by atoms with Crippen LogP contribution in [0.5, 0.6) is 0 Å². The molecule has 0 aromatic carbocycles. The lowest BCUT2D eigenvalue weighted by Gasteiger charge is -2.32. The maximum absolute atomic E-state index is 11.2. The van der Waals surface area contributed by atoms with Crippen molar-refractivity contribution in [2.45, 2.75) is 43.9 Å². The predicted molar refractivity (Wildman–Crippen MR) is 55.8 cm³/mol. The van der Waals surface area contributed by atoms with E-state index >= 15 is 0 Å². The third-order valence-corrected chi connectivity index (χ3v) is 5.09. The van der Waals surface area contributed by atoms with Gasteiger partial charge in [0.1, 0.15) is 0 Å². The summed E-state index contributed by atoms with van der Waals surface area (Å²) >= 11 is 2.06. The highest BCUT2D eigenvalue weighted by Crippen LogP contribution is 2.47. The number of thioether (sulfide) groups is 1. The Labute approximate surface area is 83.8 Å². The highest BCUT2D eigenvalue weighted by atomic mass is 32.2. The first-order chi connectivity index (χ1) is 6.12. The van der Waals surface area contributed by atoms with E-state index in [1.807, 2.05) is 0 Å². The molecule has 0 aromatic heterocycles. The fourth-order valence-corrected chi connectivity index (χ4v) is 4.17. The molecule has 74 valence electrons. The molecule has 0 radical (unpaired) electrons. The summed E-state index contributed by atoms with van der Waals surface area (Å²) in [5, 5.41) is 3.02. The molecule has 3 atom stereocenters. The van der Waals surface area contributed by atoms with Crippen molar-refractivity contribution >= 4 is 17.7 Å². The van der Waals surface area contributed by atoms with Crippen molar-refractivity contribution in [3.05, 3.63) is 0 Å². The van der Waals surface area contributed by atoms with Crippen LogP contribution in [0.4, 0.5) is 0 Å². The van der Waals surface area contributed by atoms with Crippen LogP contribution in [0.1, 0.15) is 33.1 Å². The van der Waals surface area contributed by atoms with Gasteiger partial charge in [-0.1, -0.05) is 6.92 Å². The maximum Gasteiger partial charge on any atom is 0.220 e. The minimum atomic E-state index is 0.242. The summed E-state index contributed by atoms with van der Waals surface area (Å²) in [6.45, 7) is 4.46. The summed E-state index contributed by atoms with van der Waals surface area (Å²) in [5.74, 6) is 2.06. The zero-order valence-corrected chi connectivity index (χ0v) is 9.12. The van der Waals surface area contributed by atoms with E-state index in [9.17, 15) is 4.79 Å². The van der Waals surface area contributed by atoms with Gasteiger partial charge in [0.2, 0.25) is 5.91 Å². The van der Waals surface area contributed by atoms with Gasteiger partial charge in [-0.05, 0) is 25.5 Å². The Balaban J connectivity index is 2.11. The van der Waals surface area contributed by atoms with Crippen molar-refractivity contribution in [3.8, 4) is 0 Å². The van der Waals surface area contributed by atoms with E-state index in [2.05, 4.69) is 30.9 Å². The maximum atomic E-state index is 11.2. The van der Waals surface area contributed by atoms with Crippen molar-refractivity contribution in [1.82, 2.24) is 5.32 Å². The molecule has 0 spiro atoms. The van der Waals surface area contributed by atoms with Gasteiger partial charge in [-0.3, -0.25) is 4.79 Å². The largest absolute Gasteiger partial charge is 0.353 e. The normalized spacial score (nSPS) is 45.2. The van der Waals surface area contributed by atoms with Crippen LogP contribution < -0.4 is 5.32 Å². The molecule has 2 saturated heterocycles. The lowest BCUT2D eigenvalue weighted by atomic mass is 9.84. The van der Waals surface area contributed by atoms with E-state index in [-0.39, 0.29) is 5.91 Å². The van der Waals surface area contributed by atoms with Crippen molar-refractivity contribution in [2.24, 2.45) is 5.92 Å². The van der Waals surface area contributed by atoms with Crippen LogP contribution in [0.3, 0.4) is 0 Å². The Morgan fingerprint density at radius 1 is 1.62 bits per heavy atom. The van der Waals surface area contributed by atoms with Crippen molar-refractivity contribution < 1.29 is 4.79 Å². The molecule has 13 heavy (non-hydrogen) atoms. The highest BCUT2D eigenvalue weighted by Gasteiger charge is 2.44. The molecule has 0 saturated carbocycles. The van der Waals surface area contributed by atoms with Gasteiger partial charge in [0.15, 0.2) is 0 Å². The Kier molecular flexibility index (Phi) is 2.30. The first-order valence-electron chi connectivity index (χ1n) is 5.05. The van der Waals surface area contributed by atoms with Crippen molar-refractivity contribution in [1.29, 1.82) is 0 Å². The van der Waals surface area contributed by atoms with Crippen molar-refractivity contribution in [2.75, 3.05) is 5.75 Å². The topological polar surface area (TPSA) is 29.1 Å². The van der Waals surface area contributed by atoms with Gasteiger partial charge in [0.05, 0.1) is 0 Å². The van der Waals surface area contributed by atoms with Gasteiger partial charge < -0.3 is 5.32 Å². The van der Waals surface area contributed by atoms with Crippen LogP contribution in [0.25, 0.3) is 0 Å². The van der Waals surface area contributed by atoms with Gasteiger partial charge in [0.25, 0.3) is 0 Å². The lowest BCUT2D eigenvalue weighted by Crippen LogP contribution is -2.36. The number of amides is 1. The van der Waals surface area contributed by atoms with E-state index in [4.69, 9.17) is 0 Å². The minimum absolute atomic E-state index is 0.242. The van der Waals surface area contributed by atoms with Crippen LogP contribution in [0, 0.1) is 5.92 Å². The molecular formula is C10H17NOS. The molecule has 2 heterocycles. The summed E-state index contributed by atoms with van der Waals surface area (Å²) in [4.78, 5) is 11.2. The molecule has 2 rings (SSSR count). The van der Waals surface area contributed by atoms with Crippen LogP contribution >= 0.6 is 11.8 Å². The molecule has 2 aliphatic rings. The number of hydrogen-bond donors (Lipinski definition) is 1. The molecule has 2 fully saturated rings. The second-order valence-electron chi connectivity index (χ2n) is 4.43. The van der Waals surface area contributed by atoms with E-state index in [0.717, 1.165) is 6.42 Å². The standard InChI is InChI=1S/C10H17NOS/c1-7-8(6-9(12)11-7)10(2)4-3-5-13-10/h7-8H,3-6H2,1-2H3,(H,11,12). The van der Waals surface area contributed by atoms with Crippen molar-refractivity contribution in [3.63, 3.8) is 0 Å². The summed E-state index contributed by atoms with van der Waals surface area (Å²) in [7, 11) is 0. The molecule has 2 nitrogen and oxygen atoms in total. The number of hydrogen-bond acceptors (Lipinski definition) is 2. The van der Waals surface area contributed by atoms with Gasteiger partial charge in [0, 0.05) is 23.1 Å². The zero-order chi connectivity index (χ0) is 9.47. The Hall–Kier alpha value is -0.180. The quantitative estimate of drug-likeness (QED) is 0.697. The second-order valence-corrected chi connectivity index (χ2v) is 6.06. The fraction of sp³-hybridized carbons (Fsp3) is 0.900. The van der Waals surface area contributed by atoms with Gasteiger partial charge in [-0.25, -0.2) is 0 Å². The van der Waals surface area contributed by atoms with Gasteiger partial charge >= 0.3 is 0 Å². The number of rotatable bonds is 1. The predicted octanol–water partition coefficient (Wildman–Crippen LogP) is 1.80. The van der Waals surface area contributed by atoms with Crippen LogP contribution in [-0.2, 0) is 4.79 Å². The monoisotopic (exact) mass is 199 g/mol. The Bertz CT molecular complexity index is 223. The average Bonchev–Trinajstić information content (AvgIpc) is 2.59. The molecule has 0 bridgehead atoms. The number of nitrogens with one attached hydrogen (secondary N) is 1. The molecule has 3 heteroatoms. The number of carbonyl (C=O) groups is 1. The van der Waals surface area contributed by atoms with Crippen LogP contribution in [0.15, 0.2) is 0 Å². The molecule has 0 aromatic rings. The summed E-state index contributed by atoms with van der Waals surface area (Å²) in [6, 6.07) is 0.378. The van der Waals surface area contributed by atoms with Gasteiger partial charge in [-0.15, -0.1) is 0 Å². The summed E-state index contributed by atoms with van der Waals surface area (Å²) < 4.78 is 0.360. The first kappa shape index (κ1) is 9.38. The smallest absolute Gasteiger partial charge is 0.220 e. The highest BCUT2D eigenvalue weighted by molar-refractivity contribution is 8.00. The molecule has 0 aliphatic carbocycles. The van der Waals surface area contributed by atoms with E-state index in [1.54, 1.807) is 0 Å². The van der Waals surface area contributed by atoms with Gasteiger partial charge in [-0.2, -0.15) is 11.8 Å². The number of carbonyl (C=O) groups excluding carboxylic acids is 1.